The van der Waals surface area contributed by atoms with Crippen LogP contribution in [0.25, 0.3) is 0 Å². The highest BCUT2D eigenvalue weighted by molar-refractivity contribution is 7.89. The largest absolute Gasteiger partial charge is 0.263 e. The second-order valence-electron chi connectivity index (χ2n) is 5.20. The lowest BCUT2D eigenvalue weighted by molar-refractivity contribution is 0.245. The lowest BCUT2D eigenvalue weighted by Crippen LogP contribution is -2.39. The first-order valence-electron chi connectivity index (χ1n) is 6.89. The predicted molar refractivity (Wildman–Crippen MR) is 74.8 cm³/mol. The number of aromatic amines is 1. The fourth-order valence-corrected chi connectivity index (χ4v) is 4.45. The fourth-order valence-electron chi connectivity index (χ4n) is 2.69. The van der Waals surface area contributed by atoms with Crippen molar-refractivity contribution < 1.29 is 8.42 Å². The molecule has 1 saturated heterocycles. The van der Waals surface area contributed by atoms with Crippen molar-refractivity contribution in [2.75, 3.05) is 6.54 Å². The third kappa shape index (κ3) is 2.46. The van der Waals surface area contributed by atoms with Crippen LogP contribution in [0.4, 0.5) is 0 Å². The van der Waals surface area contributed by atoms with Gasteiger partial charge in [-0.05, 0) is 25.8 Å². The minimum absolute atomic E-state index is 0.196. The number of nitrogens with one attached hydrogen (secondary N) is 1. The Morgan fingerprint density at radius 1 is 1.38 bits per heavy atom. The van der Waals surface area contributed by atoms with Crippen molar-refractivity contribution in [2.24, 2.45) is 7.05 Å². The number of rotatable bonds is 3. The van der Waals surface area contributed by atoms with Crippen LogP contribution in [-0.4, -0.2) is 44.2 Å². The van der Waals surface area contributed by atoms with E-state index in [9.17, 15) is 8.42 Å². The van der Waals surface area contributed by atoms with E-state index in [2.05, 4.69) is 20.3 Å². The first-order chi connectivity index (χ1) is 10.00. The molecule has 1 aliphatic heterocycles. The molecule has 2 aromatic rings. The monoisotopic (exact) mass is 310 g/mol. The Balaban J connectivity index is 2.00. The van der Waals surface area contributed by atoms with E-state index in [1.807, 2.05) is 0 Å². The highest BCUT2D eigenvalue weighted by Crippen LogP contribution is 2.33. The number of piperidine rings is 1. The summed E-state index contributed by atoms with van der Waals surface area (Å²) in [6, 6.07) is 1.20. The summed E-state index contributed by atoms with van der Waals surface area (Å²) in [4.78, 5) is 4.31. The van der Waals surface area contributed by atoms with E-state index < -0.39 is 10.0 Å². The fraction of sp³-hybridized carbons (Fsp3) is 0.583. The number of nitrogens with zero attached hydrogens (tertiary/aromatic N) is 5. The van der Waals surface area contributed by atoms with Crippen LogP contribution in [0.2, 0.25) is 0 Å². The second kappa shape index (κ2) is 5.23. The van der Waals surface area contributed by atoms with Gasteiger partial charge >= 0.3 is 0 Å². The number of hydrogen-bond donors (Lipinski definition) is 1. The molecule has 0 unspecified atom stereocenters. The van der Waals surface area contributed by atoms with Crippen LogP contribution in [0.5, 0.6) is 0 Å². The van der Waals surface area contributed by atoms with E-state index in [-0.39, 0.29) is 11.1 Å². The predicted octanol–water partition coefficient (Wildman–Crippen LogP) is 0.763. The average molecular weight is 310 g/mol. The maximum atomic E-state index is 12.9. The highest BCUT2D eigenvalue weighted by Gasteiger charge is 2.37. The van der Waals surface area contributed by atoms with Gasteiger partial charge in [-0.2, -0.15) is 14.5 Å². The molecule has 0 aliphatic carbocycles. The van der Waals surface area contributed by atoms with Gasteiger partial charge in [0, 0.05) is 13.6 Å². The standard InChI is InChI=1S/C12H18N6O2S/c1-9-14-12(16-15-9)10-5-3-4-8-18(10)21(19,20)11-6-7-13-17(11)2/h6-7,10H,3-5,8H2,1-2H3,(H,14,15,16)/t10-/m1/s1. The van der Waals surface area contributed by atoms with Gasteiger partial charge in [0.2, 0.25) is 0 Å². The SMILES string of the molecule is Cc1nc([C@H]2CCCCN2S(=O)(=O)c2ccnn2C)n[nH]1. The summed E-state index contributed by atoms with van der Waals surface area (Å²) in [5.41, 5.74) is 0. The Morgan fingerprint density at radius 3 is 2.81 bits per heavy atom. The van der Waals surface area contributed by atoms with Crippen molar-refractivity contribution in [1.82, 2.24) is 29.3 Å². The van der Waals surface area contributed by atoms with Gasteiger partial charge in [-0.1, -0.05) is 6.42 Å². The molecule has 1 fully saturated rings. The smallest absolute Gasteiger partial charge is 0.260 e. The molecule has 8 nitrogen and oxygen atoms in total. The van der Waals surface area contributed by atoms with Crippen LogP contribution in [-0.2, 0) is 17.1 Å². The molecule has 9 heteroatoms. The number of sulfonamides is 1. The Labute approximate surface area is 123 Å². The summed E-state index contributed by atoms with van der Waals surface area (Å²) in [6.45, 7) is 2.28. The first-order valence-corrected chi connectivity index (χ1v) is 8.33. The summed E-state index contributed by atoms with van der Waals surface area (Å²) in [6.07, 6.45) is 4.03. The number of hydrogen-bond acceptors (Lipinski definition) is 5. The first kappa shape index (κ1) is 14.2. The van der Waals surface area contributed by atoms with Gasteiger partial charge in [-0.3, -0.25) is 9.78 Å². The van der Waals surface area contributed by atoms with Gasteiger partial charge in [0.25, 0.3) is 10.0 Å². The molecule has 0 bridgehead atoms. The van der Waals surface area contributed by atoms with Crippen LogP contribution < -0.4 is 0 Å². The van der Waals surface area contributed by atoms with Crippen LogP contribution >= 0.6 is 0 Å². The summed E-state index contributed by atoms with van der Waals surface area (Å²) in [7, 11) is -1.97. The third-order valence-electron chi connectivity index (χ3n) is 3.72. The molecule has 3 rings (SSSR count). The normalized spacial score (nSPS) is 20.8. The molecule has 114 valence electrons. The summed E-state index contributed by atoms with van der Waals surface area (Å²) < 4.78 is 28.6. The van der Waals surface area contributed by atoms with E-state index in [4.69, 9.17) is 0 Å². The number of H-pyrrole nitrogens is 1. The quantitative estimate of drug-likeness (QED) is 0.903. The maximum Gasteiger partial charge on any atom is 0.260 e. The van der Waals surface area contributed by atoms with Crippen LogP contribution in [0, 0.1) is 6.92 Å². The van der Waals surface area contributed by atoms with Gasteiger partial charge in [-0.15, -0.1) is 0 Å². The van der Waals surface area contributed by atoms with Crippen molar-refractivity contribution >= 4 is 10.0 Å². The van der Waals surface area contributed by atoms with Crippen LogP contribution in [0.15, 0.2) is 17.3 Å². The Morgan fingerprint density at radius 2 is 2.19 bits per heavy atom. The third-order valence-corrected chi connectivity index (χ3v) is 5.70. The van der Waals surface area contributed by atoms with E-state index >= 15 is 0 Å². The molecule has 21 heavy (non-hydrogen) atoms. The zero-order valence-electron chi connectivity index (χ0n) is 12.0. The number of aryl methyl sites for hydroxylation is 2. The lowest BCUT2D eigenvalue weighted by Gasteiger charge is -2.32. The molecule has 1 N–H and O–H groups in total. The number of aromatic nitrogens is 5. The molecule has 2 aromatic heterocycles. The molecular weight excluding hydrogens is 292 g/mol. The highest BCUT2D eigenvalue weighted by atomic mass is 32.2. The molecule has 0 aromatic carbocycles. The Hall–Kier alpha value is -1.74. The van der Waals surface area contributed by atoms with Crippen LogP contribution in [0.1, 0.15) is 37.0 Å². The molecule has 1 aliphatic rings. The minimum atomic E-state index is -3.60. The van der Waals surface area contributed by atoms with E-state index in [0.717, 1.165) is 19.3 Å². The van der Waals surface area contributed by atoms with Crippen molar-refractivity contribution in [1.29, 1.82) is 0 Å². The van der Waals surface area contributed by atoms with E-state index in [0.29, 0.717) is 18.2 Å². The van der Waals surface area contributed by atoms with E-state index in [1.54, 1.807) is 14.0 Å². The minimum Gasteiger partial charge on any atom is -0.263 e. The molecule has 0 amide bonds. The Bertz CT molecular complexity index is 735. The maximum absolute atomic E-state index is 12.9. The summed E-state index contributed by atoms with van der Waals surface area (Å²) >= 11 is 0. The molecule has 0 radical (unpaired) electrons. The van der Waals surface area contributed by atoms with Gasteiger partial charge in [0.05, 0.1) is 12.2 Å². The molecule has 3 heterocycles. The molecular formula is C12H18N6O2S. The summed E-state index contributed by atoms with van der Waals surface area (Å²) in [5.74, 6) is 1.23. The molecule has 1 atom stereocenters. The average Bonchev–Trinajstić information content (AvgIpc) is 3.07. The topological polar surface area (TPSA) is 96.8 Å². The van der Waals surface area contributed by atoms with Gasteiger partial charge in [0.15, 0.2) is 10.9 Å². The second-order valence-corrected chi connectivity index (χ2v) is 7.04. The van der Waals surface area contributed by atoms with Gasteiger partial charge < -0.3 is 0 Å². The lowest BCUT2D eigenvalue weighted by atomic mass is 10.0. The Kier molecular flexibility index (Phi) is 3.54. The van der Waals surface area contributed by atoms with Crippen molar-refractivity contribution in [3.05, 3.63) is 23.9 Å². The molecule has 0 spiro atoms. The zero-order valence-corrected chi connectivity index (χ0v) is 12.8. The molecule has 0 saturated carbocycles. The van der Waals surface area contributed by atoms with Gasteiger partial charge in [0.1, 0.15) is 5.82 Å². The van der Waals surface area contributed by atoms with Gasteiger partial charge in [-0.25, -0.2) is 13.4 Å². The van der Waals surface area contributed by atoms with Crippen molar-refractivity contribution in [2.45, 2.75) is 37.3 Å². The van der Waals surface area contributed by atoms with Crippen molar-refractivity contribution in [3.8, 4) is 0 Å². The van der Waals surface area contributed by atoms with Crippen molar-refractivity contribution in [3.63, 3.8) is 0 Å². The van der Waals surface area contributed by atoms with Crippen LogP contribution in [0.3, 0.4) is 0 Å². The van der Waals surface area contributed by atoms with E-state index in [1.165, 1.54) is 21.3 Å². The zero-order chi connectivity index (χ0) is 15.0. The summed E-state index contributed by atoms with van der Waals surface area (Å²) in [5, 5.41) is 11.1.